The van der Waals surface area contributed by atoms with E-state index in [2.05, 4.69) is 20.0 Å². The quantitative estimate of drug-likeness (QED) is 0.735. The Balaban J connectivity index is 2.79. The molecule has 94 valence electrons. The molecule has 0 aromatic carbocycles. The predicted octanol–water partition coefficient (Wildman–Crippen LogP) is 0.721. The van der Waals surface area contributed by atoms with Gasteiger partial charge in [0.1, 0.15) is 5.82 Å². The molecule has 0 amide bonds. The second kappa shape index (κ2) is 6.15. The molecule has 1 unspecified atom stereocenters. The van der Waals surface area contributed by atoms with Crippen LogP contribution in [0.2, 0.25) is 0 Å². The second-order valence-electron chi connectivity index (χ2n) is 3.76. The summed E-state index contributed by atoms with van der Waals surface area (Å²) in [4.78, 5) is 19.4. The summed E-state index contributed by atoms with van der Waals surface area (Å²) in [6.45, 7) is 4.41. The lowest BCUT2D eigenvalue weighted by Gasteiger charge is -2.11. The smallest absolute Gasteiger partial charge is 0.376 e. The molecule has 6 heteroatoms. The number of esters is 1. The molecule has 0 aliphatic heterocycles. The molecule has 0 saturated heterocycles. The number of methoxy groups -OCH3 is 1. The fourth-order valence-electron chi connectivity index (χ4n) is 1.22. The van der Waals surface area contributed by atoms with Gasteiger partial charge in [0.2, 0.25) is 5.82 Å². The van der Waals surface area contributed by atoms with Crippen LogP contribution in [-0.2, 0) is 4.74 Å². The molecule has 0 saturated carbocycles. The van der Waals surface area contributed by atoms with E-state index in [9.17, 15) is 4.79 Å². The Kier molecular flexibility index (Phi) is 4.84. The highest BCUT2D eigenvalue weighted by molar-refractivity contribution is 5.85. The minimum Gasteiger partial charge on any atom is -0.463 e. The van der Waals surface area contributed by atoms with E-state index < -0.39 is 5.97 Å². The Labute approximate surface area is 101 Å². The second-order valence-corrected chi connectivity index (χ2v) is 3.76. The van der Waals surface area contributed by atoms with Crippen molar-refractivity contribution in [1.29, 1.82) is 0 Å². The average molecular weight is 238 g/mol. The third-order valence-corrected chi connectivity index (χ3v) is 2.29. The first-order valence-electron chi connectivity index (χ1n) is 5.50. The standard InChI is InChI=1S/C11H18N4O2/c1-4-8(12)6-13-9-5-7(2)14-10(15-9)11(16)17-3/h5,8H,4,6,12H2,1-3H3,(H,13,14,15). The highest BCUT2D eigenvalue weighted by Crippen LogP contribution is 2.07. The maximum Gasteiger partial charge on any atom is 0.376 e. The van der Waals surface area contributed by atoms with Crippen molar-refractivity contribution in [2.24, 2.45) is 5.73 Å². The Bertz CT molecular complexity index is 395. The molecule has 3 N–H and O–H groups in total. The molecule has 0 aliphatic carbocycles. The first-order chi connectivity index (χ1) is 8.06. The van der Waals surface area contributed by atoms with Gasteiger partial charge in [-0.1, -0.05) is 6.92 Å². The number of nitrogens with zero attached hydrogens (tertiary/aromatic N) is 2. The number of nitrogens with one attached hydrogen (secondary N) is 1. The summed E-state index contributed by atoms with van der Waals surface area (Å²) in [6, 6.07) is 1.82. The van der Waals surface area contributed by atoms with E-state index in [-0.39, 0.29) is 11.9 Å². The highest BCUT2D eigenvalue weighted by Gasteiger charge is 2.11. The van der Waals surface area contributed by atoms with Crippen molar-refractivity contribution in [1.82, 2.24) is 9.97 Å². The summed E-state index contributed by atoms with van der Waals surface area (Å²) >= 11 is 0. The fraction of sp³-hybridized carbons (Fsp3) is 0.545. The Hall–Kier alpha value is -1.69. The molecule has 6 nitrogen and oxygen atoms in total. The minimum absolute atomic E-state index is 0.0556. The van der Waals surface area contributed by atoms with E-state index in [1.165, 1.54) is 7.11 Å². The van der Waals surface area contributed by atoms with Gasteiger partial charge < -0.3 is 15.8 Å². The molecule has 1 rings (SSSR count). The number of aryl methyl sites for hydroxylation is 1. The average Bonchev–Trinajstić information content (AvgIpc) is 2.34. The number of ether oxygens (including phenoxy) is 1. The molecule has 0 aliphatic rings. The van der Waals surface area contributed by atoms with Crippen LogP contribution in [-0.4, -0.2) is 35.6 Å². The number of carbonyl (C=O) groups is 1. The summed E-state index contributed by atoms with van der Waals surface area (Å²) < 4.78 is 4.58. The van der Waals surface area contributed by atoms with Gasteiger partial charge in [0.25, 0.3) is 0 Å². The van der Waals surface area contributed by atoms with Gasteiger partial charge in [-0.2, -0.15) is 0 Å². The van der Waals surface area contributed by atoms with E-state index in [4.69, 9.17) is 5.73 Å². The lowest BCUT2D eigenvalue weighted by molar-refractivity contribution is 0.0586. The van der Waals surface area contributed by atoms with Gasteiger partial charge in [-0.3, -0.25) is 0 Å². The van der Waals surface area contributed by atoms with Crippen LogP contribution in [0.25, 0.3) is 0 Å². The van der Waals surface area contributed by atoms with Crippen molar-refractivity contribution in [2.45, 2.75) is 26.3 Å². The summed E-state index contributed by atoms with van der Waals surface area (Å²) in [5.41, 5.74) is 6.49. The van der Waals surface area contributed by atoms with Crippen LogP contribution in [0.5, 0.6) is 0 Å². The molecule has 1 aromatic rings. The van der Waals surface area contributed by atoms with Crippen molar-refractivity contribution in [3.63, 3.8) is 0 Å². The summed E-state index contributed by atoms with van der Waals surface area (Å²) in [5.74, 6) is 0.0957. The minimum atomic E-state index is -0.545. The van der Waals surface area contributed by atoms with Gasteiger partial charge in [0.15, 0.2) is 0 Å². The first-order valence-corrected chi connectivity index (χ1v) is 5.50. The number of carbonyl (C=O) groups excluding carboxylic acids is 1. The van der Waals surface area contributed by atoms with E-state index in [0.29, 0.717) is 18.1 Å². The zero-order chi connectivity index (χ0) is 12.8. The number of hydrogen-bond acceptors (Lipinski definition) is 6. The summed E-state index contributed by atoms with van der Waals surface area (Å²) in [7, 11) is 1.30. The molecular formula is C11H18N4O2. The molecule has 0 radical (unpaired) electrons. The highest BCUT2D eigenvalue weighted by atomic mass is 16.5. The van der Waals surface area contributed by atoms with Crippen molar-refractivity contribution in [3.8, 4) is 0 Å². The zero-order valence-electron chi connectivity index (χ0n) is 10.4. The molecule has 1 aromatic heterocycles. The van der Waals surface area contributed by atoms with Crippen LogP contribution in [0, 0.1) is 6.92 Å². The monoisotopic (exact) mass is 238 g/mol. The van der Waals surface area contributed by atoms with Gasteiger partial charge in [0.05, 0.1) is 7.11 Å². The van der Waals surface area contributed by atoms with Crippen LogP contribution in [0.15, 0.2) is 6.07 Å². The van der Waals surface area contributed by atoms with Gasteiger partial charge in [-0.05, 0) is 13.3 Å². The molecule has 1 atom stereocenters. The molecule has 0 fully saturated rings. The number of hydrogen-bond donors (Lipinski definition) is 2. The summed E-state index contributed by atoms with van der Waals surface area (Å²) in [6.07, 6.45) is 0.876. The SMILES string of the molecule is CCC(N)CNc1cc(C)nc(C(=O)OC)n1. The maximum atomic E-state index is 11.3. The number of anilines is 1. The van der Waals surface area contributed by atoms with Crippen molar-refractivity contribution in [3.05, 3.63) is 17.6 Å². The van der Waals surface area contributed by atoms with Gasteiger partial charge in [0, 0.05) is 24.3 Å². The van der Waals surface area contributed by atoms with Crippen LogP contribution in [0.4, 0.5) is 5.82 Å². The number of nitrogens with two attached hydrogens (primary N) is 1. The topological polar surface area (TPSA) is 90.1 Å². The van der Waals surface area contributed by atoms with Gasteiger partial charge in [-0.25, -0.2) is 14.8 Å². The third kappa shape index (κ3) is 3.99. The van der Waals surface area contributed by atoms with Crippen molar-refractivity contribution >= 4 is 11.8 Å². The lowest BCUT2D eigenvalue weighted by atomic mass is 10.2. The van der Waals surface area contributed by atoms with E-state index in [1.807, 2.05) is 6.92 Å². The van der Waals surface area contributed by atoms with Crippen LogP contribution in [0.1, 0.15) is 29.7 Å². The molecular weight excluding hydrogens is 220 g/mol. The molecule has 17 heavy (non-hydrogen) atoms. The first kappa shape index (κ1) is 13.4. The molecule has 0 spiro atoms. The molecule has 0 bridgehead atoms. The number of rotatable bonds is 5. The lowest BCUT2D eigenvalue weighted by Crippen LogP contribution is -2.28. The van der Waals surface area contributed by atoms with Gasteiger partial charge in [-0.15, -0.1) is 0 Å². The Morgan fingerprint density at radius 3 is 2.88 bits per heavy atom. The Morgan fingerprint density at radius 2 is 2.29 bits per heavy atom. The fourth-order valence-corrected chi connectivity index (χ4v) is 1.22. The van der Waals surface area contributed by atoms with E-state index in [1.54, 1.807) is 13.0 Å². The largest absolute Gasteiger partial charge is 0.463 e. The van der Waals surface area contributed by atoms with E-state index >= 15 is 0 Å². The summed E-state index contributed by atoms with van der Waals surface area (Å²) in [5, 5.41) is 3.07. The third-order valence-electron chi connectivity index (χ3n) is 2.29. The van der Waals surface area contributed by atoms with Gasteiger partial charge >= 0.3 is 5.97 Å². The Morgan fingerprint density at radius 1 is 1.59 bits per heavy atom. The molecule has 1 heterocycles. The predicted molar refractivity (Wildman–Crippen MR) is 64.9 cm³/mol. The van der Waals surface area contributed by atoms with Crippen molar-refractivity contribution in [2.75, 3.05) is 19.0 Å². The number of aromatic nitrogens is 2. The zero-order valence-corrected chi connectivity index (χ0v) is 10.4. The van der Waals surface area contributed by atoms with Crippen LogP contribution >= 0.6 is 0 Å². The van der Waals surface area contributed by atoms with E-state index in [0.717, 1.165) is 6.42 Å². The normalized spacial score (nSPS) is 12.0. The van der Waals surface area contributed by atoms with Crippen LogP contribution < -0.4 is 11.1 Å². The van der Waals surface area contributed by atoms with Crippen molar-refractivity contribution < 1.29 is 9.53 Å². The van der Waals surface area contributed by atoms with Crippen LogP contribution in [0.3, 0.4) is 0 Å². The maximum absolute atomic E-state index is 11.3.